The molecule has 2 aliphatic rings. The summed E-state index contributed by atoms with van der Waals surface area (Å²) in [4.78, 5) is 19.0. The highest BCUT2D eigenvalue weighted by Gasteiger charge is 2.44. The number of para-hydroxylation sites is 2. The van der Waals surface area contributed by atoms with Gasteiger partial charge in [-0.25, -0.2) is 19.9 Å². The van der Waals surface area contributed by atoms with E-state index in [4.69, 9.17) is 9.97 Å². The van der Waals surface area contributed by atoms with Gasteiger partial charge in [-0.15, -0.1) is 5.10 Å². The minimum atomic E-state index is 0.375. The Morgan fingerprint density at radius 1 is 0.897 bits per heavy atom. The number of aryl methyl sites for hydroxylation is 3. The number of imidazole rings is 1. The average molecular weight is 385 g/mol. The van der Waals surface area contributed by atoms with Gasteiger partial charge in [0.05, 0.1) is 16.7 Å². The molecule has 7 heteroatoms. The largest absolute Gasteiger partial charge is 0.331 e. The van der Waals surface area contributed by atoms with Crippen LogP contribution in [0.5, 0.6) is 0 Å². The minimum Gasteiger partial charge on any atom is -0.331 e. The van der Waals surface area contributed by atoms with Crippen molar-refractivity contribution in [1.82, 2.24) is 34.3 Å². The molecule has 146 valence electrons. The highest BCUT2D eigenvalue weighted by atomic mass is 15.4. The lowest BCUT2D eigenvalue weighted by Crippen LogP contribution is -2.08. The Morgan fingerprint density at radius 2 is 1.72 bits per heavy atom. The molecule has 3 heterocycles. The Balaban J connectivity index is 1.36. The second kappa shape index (κ2) is 5.95. The van der Waals surface area contributed by atoms with Crippen LogP contribution in [0.15, 0.2) is 30.3 Å². The van der Waals surface area contributed by atoms with Crippen molar-refractivity contribution in [3.8, 4) is 5.82 Å². The topological polar surface area (TPSA) is 74.3 Å². The molecule has 4 aromatic rings. The van der Waals surface area contributed by atoms with Gasteiger partial charge in [0.2, 0.25) is 0 Å². The lowest BCUT2D eigenvalue weighted by molar-refractivity contribution is 0.747. The molecule has 3 aromatic heterocycles. The van der Waals surface area contributed by atoms with Gasteiger partial charge in [0, 0.05) is 30.9 Å². The first-order chi connectivity index (χ1) is 14.1. The van der Waals surface area contributed by atoms with E-state index < -0.39 is 0 Å². The van der Waals surface area contributed by atoms with Crippen molar-refractivity contribution < 1.29 is 0 Å². The number of fused-ring (bicyclic) bond motifs is 1. The molecule has 0 saturated heterocycles. The Hall–Kier alpha value is -3.09. The molecule has 0 aliphatic heterocycles. The third-order valence-electron chi connectivity index (χ3n) is 6.07. The van der Waals surface area contributed by atoms with Crippen LogP contribution in [0.2, 0.25) is 0 Å². The van der Waals surface area contributed by atoms with Crippen molar-refractivity contribution in [3.63, 3.8) is 0 Å². The summed E-state index contributed by atoms with van der Waals surface area (Å²) in [5.74, 6) is 5.89. The van der Waals surface area contributed by atoms with Crippen molar-refractivity contribution >= 4 is 11.0 Å². The van der Waals surface area contributed by atoms with E-state index in [1.165, 1.54) is 18.4 Å². The van der Waals surface area contributed by atoms with Crippen molar-refractivity contribution in [2.75, 3.05) is 0 Å². The van der Waals surface area contributed by atoms with Gasteiger partial charge in [-0.2, -0.15) is 4.68 Å². The summed E-state index contributed by atoms with van der Waals surface area (Å²) in [6.45, 7) is 3.90. The maximum absolute atomic E-state index is 4.89. The van der Waals surface area contributed by atoms with Crippen molar-refractivity contribution in [2.45, 2.75) is 50.9 Å². The average Bonchev–Trinajstić information content (AvgIpc) is 3.63. The van der Waals surface area contributed by atoms with E-state index >= 15 is 0 Å². The Bertz CT molecular complexity index is 1250. The Labute approximate surface area is 168 Å². The third-order valence-corrected chi connectivity index (χ3v) is 6.07. The van der Waals surface area contributed by atoms with E-state index in [0.717, 1.165) is 46.7 Å². The molecule has 7 nitrogen and oxygen atoms in total. The van der Waals surface area contributed by atoms with E-state index in [1.54, 1.807) is 0 Å². The summed E-state index contributed by atoms with van der Waals surface area (Å²) in [6.07, 6.45) is 3.44. The monoisotopic (exact) mass is 385 g/mol. The SMILES string of the molecule is Cc1nc(C2CC2c2nc3ccccc3n2C)cc(-n2nc(C)nc2C2CC2)n1. The summed E-state index contributed by atoms with van der Waals surface area (Å²) in [7, 11) is 2.11. The van der Waals surface area contributed by atoms with Gasteiger partial charge in [-0.3, -0.25) is 0 Å². The van der Waals surface area contributed by atoms with E-state index in [-0.39, 0.29) is 0 Å². The first-order valence-corrected chi connectivity index (χ1v) is 10.3. The lowest BCUT2D eigenvalue weighted by atomic mass is 10.2. The zero-order chi connectivity index (χ0) is 19.7. The van der Waals surface area contributed by atoms with Crippen molar-refractivity contribution in [3.05, 3.63) is 59.3 Å². The molecule has 2 aliphatic carbocycles. The van der Waals surface area contributed by atoms with Gasteiger partial charge < -0.3 is 4.57 Å². The normalized spacial score (nSPS) is 21.1. The van der Waals surface area contributed by atoms with Gasteiger partial charge in [0.1, 0.15) is 23.3 Å². The molecule has 0 amide bonds. The molecular weight excluding hydrogens is 362 g/mol. The van der Waals surface area contributed by atoms with Crippen LogP contribution in [0.25, 0.3) is 16.9 Å². The number of nitrogens with zero attached hydrogens (tertiary/aromatic N) is 7. The van der Waals surface area contributed by atoms with Crippen LogP contribution in [0.4, 0.5) is 0 Å². The van der Waals surface area contributed by atoms with Gasteiger partial charge >= 0.3 is 0 Å². The molecule has 1 aromatic carbocycles. The predicted molar refractivity (Wildman–Crippen MR) is 109 cm³/mol. The van der Waals surface area contributed by atoms with E-state index in [1.807, 2.05) is 24.6 Å². The lowest BCUT2D eigenvalue weighted by Gasteiger charge is -2.08. The fourth-order valence-corrected chi connectivity index (χ4v) is 4.38. The highest BCUT2D eigenvalue weighted by Crippen LogP contribution is 2.54. The number of benzene rings is 1. The molecule has 29 heavy (non-hydrogen) atoms. The summed E-state index contributed by atoms with van der Waals surface area (Å²) >= 11 is 0. The fourth-order valence-electron chi connectivity index (χ4n) is 4.38. The Morgan fingerprint density at radius 3 is 2.52 bits per heavy atom. The molecule has 2 unspecified atom stereocenters. The second-order valence-corrected chi connectivity index (χ2v) is 8.37. The smallest absolute Gasteiger partial charge is 0.159 e. The summed E-state index contributed by atoms with van der Waals surface area (Å²) in [6, 6.07) is 10.4. The zero-order valence-electron chi connectivity index (χ0n) is 16.9. The molecule has 2 fully saturated rings. The first kappa shape index (κ1) is 16.8. The van der Waals surface area contributed by atoms with E-state index in [9.17, 15) is 0 Å². The van der Waals surface area contributed by atoms with Gasteiger partial charge in [0.25, 0.3) is 0 Å². The number of hydrogen-bond donors (Lipinski definition) is 0. The summed E-state index contributed by atoms with van der Waals surface area (Å²) in [5.41, 5.74) is 3.32. The van der Waals surface area contributed by atoms with Gasteiger partial charge in [-0.1, -0.05) is 12.1 Å². The number of hydrogen-bond acceptors (Lipinski definition) is 5. The van der Waals surface area contributed by atoms with E-state index in [2.05, 4.69) is 50.9 Å². The fraction of sp³-hybridized carbons (Fsp3) is 0.409. The van der Waals surface area contributed by atoms with Crippen LogP contribution < -0.4 is 0 Å². The summed E-state index contributed by atoms with van der Waals surface area (Å²) < 4.78 is 4.15. The maximum Gasteiger partial charge on any atom is 0.159 e. The highest BCUT2D eigenvalue weighted by molar-refractivity contribution is 5.76. The van der Waals surface area contributed by atoms with Crippen LogP contribution in [0.3, 0.4) is 0 Å². The van der Waals surface area contributed by atoms with Crippen LogP contribution in [-0.2, 0) is 7.05 Å². The first-order valence-electron chi connectivity index (χ1n) is 10.3. The standard InChI is InChI=1S/C22H23N7/c1-12-23-18(11-20(24-12)29-21(14-8-9-14)25-13(2)27-29)15-10-16(15)22-26-17-6-4-5-7-19(17)28(22)3/h4-7,11,14-16H,8-10H2,1-3H3. The minimum absolute atomic E-state index is 0.375. The van der Waals surface area contributed by atoms with Crippen LogP contribution >= 0.6 is 0 Å². The molecule has 6 rings (SSSR count). The number of rotatable bonds is 4. The van der Waals surface area contributed by atoms with E-state index in [0.29, 0.717) is 17.8 Å². The molecule has 0 N–H and O–H groups in total. The van der Waals surface area contributed by atoms with Crippen LogP contribution in [-0.4, -0.2) is 34.3 Å². The van der Waals surface area contributed by atoms with Gasteiger partial charge in [0.15, 0.2) is 5.82 Å². The molecule has 2 atom stereocenters. The van der Waals surface area contributed by atoms with Crippen molar-refractivity contribution in [1.29, 1.82) is 0 Å². The number of aromatic nitrogens is 7. The molecule has 0 radical (unpaired) electrons. The maximum atomic E-state index is 4.89. The molecular formula is C22H23N7. The van der Waals surface area contributed by atoms with Crippen molar-refractivity contribution in [2.24, 2.45) is 7.05 Å². The molecule has 0 spiro atoms. The second-order valence-electron chi connectivity index (χ2n) is 8.37. The summed E-state index contributed by atoms with van der Waals surface area (Å²) in [5, 5.41) is 4.62. The Kier molecular flexibility index (Phi) is 3.45. The van der Waals surface area contributed by atoms with Gasteiger partial charge in [-0.05, 0) is 45.2 Å². The molecule has 0 bridgehead atoms. The third kappa shape index (κ3) is 2.75. The zero-order valence-corrected chi connectivity index (χ0v) is 16.9. The predicted octanol–water partition coefficient (Wildman–Crippen LogP) is 3.71. The van der Waals surface area contributed by atoms with Crippen LogP contribution in [0.1, 0.15) is 66.0 Å². The van der Waals surface area contributed by atoms with Crippen LogP contribution in [0, 0.1) is 13.8 Å². The molecule has 2 saturated carbocycles. The quantitative estimate of drug-likeness (QED) is 0.535.